The van der Waals surface area contributed by atoms with Crippen LogP contribution in [-0.4, -0.2) is 30.8 Å². The number of ether oxygens (including phenoxy) is 2. The molecule has 0 spiro atoms. The number of aliphatic carboxylic acids is 1. The molecule has 0 saturated heterocycles. The lowest BCUT2D eigenvalue weighted by Crippen LogP contribution is -2.00. The van der Waals surface area contributed by atoms with Gasteiger partial charge >= 0.3 is 11.9 Å². The van der Waals surface area contributed by atoms with Crippen molar-refractivity contribution in [3.05, 3.63) is 25.0 Å². The van der Waals surface area contributed by atoms with Gasteiger partial charge in [-0.05, 0) is 6.92 Å². The van der Waals surface area contributed by atoms with Crippen molar-refractivity contribution in [2.45, 2.75) is 6.92 Å². The summed E-state index contributed by atoms with van der Waals surface area (Å²) in [7, 11) is 1.56. The Morgan fingerprint density at radius 2 is 1.93 bits per heavy atom. The van der Waals surface area contributed by atoms with Gasteiger partial charge in [0.15, 0.2) is 0 Å². The predicted molar refractivity (Wildman–Crippen MR) is 50.6 cm³/mol. The Morgan fingerprint density at radius 3 is 2.21 bits per heavy atom. The summed E-state index contributed by atoms with van der Waals surface area (Å²) >= 11 is 0. The molecule has 0 amide bonds. The number of hydrogen-bond donors (Lipinski definition) is 1. The van der Waals surface area contributed by atoms with Crippen LogP contribution in [0.5, 0.6) is 0 Å². The lowest BCUT2D eigenvalue weighted by Gasteiger charge is -1.92. The van der Waals surface area contributed by atoms with Gasteiger partial charge in [-0.15, -0.1) is 0 Å². The maximum atomic E-state index is 10.4. The average Bonchev–Trinajstić information content (AvgIpc) is 2.16. The molecule has 5 nitrogen and oxygen atoms in total. The van der Waals surface area contributed by atoms with Crippen LogP contribution in [0, 0.1) is 0 Å². The van der Waals surface area contributed by atoms with E-state index in [4.69, 9.17) is 5.11 Å². The minimum atomic E-state index is -1.16. The zero-order valence-electron chi connectivity index (χ0n) is 8.23. The van der Waals surface area contributed by atoms with Crippen molar-refractivity contribution >= 4 is 11.9 Å². The maximum absolute atomic E-state index is 10.4. The first-order valence-electron chi connectivity index (χ1n) is 3.79. The third-order valence-electron chi connectivity index (χ3n) is 0.815. The molecule has 0 aliphatic carbocycles. The second-order valence-corrected chi connectivity index (χ2v) is 1.83. The molecule has 0 unspecified atom stereocenters. The fourth-order valence-electron chi connectivity index (χ4n) is 0.330. The number of carbonyl (C=O) groups excluding carboxylic acids is 1. The first-order chi connectivity index (χ1) is 6.58. The van der Waals surface area contributed by atoms with Crippen LogP contribution in [0.15, 0.2) is 25.0 Å². The molecule has 0 aromatic heterocycles. The van der Waals surface area contributed by atoms with Gasteiger partial charge in [0, 0.05) is 12.2 Å². The van der Waals surface area contributed by atoms with E-state index in [1.807, 2.05) is 0 Å². The molecule has 0 fully saturated rings. The monoisotopic (exact) mass is 202 g/mol. The Bertz CT molecular complexity index is 207. The molecule has 0 aromatic carbocycles. The van der Waals surface area contributed by atoms with Crippen molar-refractivity contribution in [2.75, 3.05) is 13.7 Å². The van der Waals surface area contributed by atoms with Crippen molar-refractivity contribution < 1.29 is 24.2 Å². The van der Waals surface area contributed by atoms with Gasteiger partial charge in [-0.3, -0.25) is 0 Å². The van der Waals surface area contributed by atoms with Crippen LogP contribution in [0.3, 0.4) is 0 Å². The van der Waals surface area contributed by atoms with E-state index < -0.39 is 11.9 Å². The number of methoxy groups -OCH3 is 1. The molecule has 0 rings (SSSR count). The summed E-state index contributed by atoms with van der Waals surface area (Å²) < 4.78 is 8.71. The van der Waals surface area contributed by atoms with Crippen LogP contribution in [0.25, 0.3) is 0 Å². The number of carboxylic acid groups (broad SMARTS) is 1. The summed E-state index contributed by atoms with van der Waals surface area (Å²) in [6.45, 7) is 5.16. The minimum Gasteiger partial charge on any atom is -0.505 e. The van der Waals surface area contributed by atoms with Gasteiger partial charge in [0.1, 0.15) is 0 Å². The molecule has 0 aromatic rings. The van der Waals surface area contributed by atoms with E-state index in [2.05, 4.69) is 16.1 Å². The van der Waals surface area contributed by atoms with Gasteiger partial charge in [0.05, 0.1) is 20.0 Å². The summed E-state index contributed by atoms with van der Waals surface area (Å²) in [5.74, 6) is -1.79. The second kappa shape index (κ2) is 11.2. The highest BCUT2D eigenvalue weighted by Gasteiger charge is 1.94. The Kier molecular flexibility index (Phi) is 11.8. The van der Waals surface area contributed by atoms with Crippen molar-refractivity contribution in [2.24, 2.45) is 0 Å². The van der Waals surface area contributed by atoms with E-state index in [1.54, 1.807) is 14.0 Å². The first-order valence-corrected chi connectivity index (χ1v) is 3.79. The van der Waals surface area contributed by atoms with E-state index in [0.717, 1.165) is 12.2 Å². The second-order valence-electron chi connectivity index (χ2n) is 1.83. The quantitative estimate of drug-likeness (QED) is 0.417. The van der Waals surface area contributed by atoms with Gasteiger partial charge < -0.3 is 14.6 Å². The molecule has 80 valence electrons. The molecule has 0 radical (unpaired) electrons. The lowest BCUT2D eigenvalue weighted by atomic mass is 10.5. The third-order valence-corrected chi connectivity index (χ3v) is 0.815. The fourth-order valence-corrected chi connectivity index (χ4v) is 0.330. The standard InChI is InChI=1S/C6H8O4.C3H6O/c1-2-10-6(9)4-3-5(7)8;1-3-4-2/h3-4H,2H2,1H3,(H,7,8);3H,1H2,2H3/b4-3-;. The highest BCUT2D eigenvalue weighted by Crippen LogP contribution is 1.80. The molecule has 0 aliphatic heterocycles. The number of rotatable bonds is 4. The normalized spacial score (nSPS) is 8.43. The van der Waals surface area contributed by atoms with E-state index >= 15 is 0 Å². The Labute approximate surface area is 82.6 Å². The molecule has 1 N–H and O–H groups in total. The summed E-state index contributed by atoms with van der Waals surface area (Å²) in [4.78, 5) is 20.2. The molecule has 0 bridgehead atoms. The van der Waals surface area contributed by atoms with Gasteiger partial charge in [-0.2, -0.15) is 0 Å². The van der Waals surface area contributed by atoms with Gasteiger partial charge in [-0.1, -0.05) is 6.58 Å². The largest absolute Gasteiger partial charge is 0.505 e. The maximum Gasteiger partial charge on any atom is 0.330 e. The van der Waals surface area contributed by atoms with Crippen LogP contribution in [-0.2, 0) is 19.1 Å². The SMILES string of the molecule is C=COC.CCOC(=O)/C=C\C(=O)O. The molecule has 0 aliphatic rings. The smallest absolute Gasteiger partial charge is 0.330 e. The number of carbonyl (C=O) groups is 2. The van der Waals surface area contributed by atoms with E-state index in [9.17, 15) is 9.59 Å². The topological polar surface area (TPSA) is 72.8 Å². The molecule has 0 saturated carbocycles. The van der Waals surface area contributed by atoms with Crippen molar-refractivity contribution in [3.8, 4) is 0 Å². The number of carboxylic acids is 1. The van der Waals surface area contributed by atoms with Crippen LogP contribution in [0.4, 0.5) is 0 Å². The van der Waals surface area contributed by atoms with Crippen LogP contribution >= 0.6 is 0 Å². The minimum absolute atomic E-state index is 0.253. The zero-order valence-corrected chi connectivity index (χ0v) is 8.23. The fraction of sp³-hybridized carbons (Fsp3) is 0.333. The zero-order chi connectivity index (χ0) is 11.4. The average molecular weight is 202 g/mol. The Morgan fingerprint density at radius 1 is 1.43 bits per heavy atom. The molecule has 14 heavy (non-hydrogen) atoms. The lowest BCUT2D eigenvalue weighted by molar-refractivity contribution is -0.138. The van der Waals surface area contributed by atoms with Crippen molar-refractivity contribution in [1.82, 2.24) is 0 Å². The van der Waals surface area contributed by atoms with E-state index in [-0.39, 0.29) is 6.61 Å². The summed E-state index contributed by atoms with van der Waals surface area (Å²) in [6.07, 6.45) is 2.98. The highest BCUT2D eigenvalue weighted by molar-refractivity contribution is 5.90. The Balaban J connectivity index is 0. The molecule has 0 atom stereocenters. The predicted octanol–water partition coefficient (Wildman–Crippen LogP) is 0.967. The highest BCUT2D eigenvalue weighted by atomic mass is 16.5. The summed E-state index contributed by atoms with van der Waals surface area (Å²) in [5, 5.41) is 8.04. The van der Waals surface area contributed by atoms with Gasteiger partial charge in [-0.25, -0.2) is 9.59 Å². The Hall–Kier alpha value is -1.78. The van der Waals surface area contributed by atoms with Crippen LogP contribution in [0.2, 0.25) is 0 Å². The van der Waals surface area contributed by atoms with Gasteiger partial charge in [0.2, 0.25) is 0 Å². The summed E-state index contributed by atoms with van der Waals surface area (Å²) in [5.41, 5.74) is 0. The number of hydrogen-bond acceptors (Lipinski definition) is 4. The van der Waals surface area contributed by atoms with Crippen LogP contribution in [0.1, 0.15) is 6.92 Å². The van der Waals surface area contributed by atoms with Gasteiger partial charge in [0.25, 0.3) is 0 Å². The van der Waals surface area contributed by atoms with E-state index in [1.165, 1.54) is 6.26 Å². The molecule has 0 heterocycles. The summed E-state index contributed by atoms with van der Waals surface area (Å²) in [6, 6.07) is 0. The van der Waals surface area contributed by atoms with Crippen molar-refractivity contribution in [1.29, 1.82) is 0 Å². The first kappa shape index (κ1) is 14.7. The van der Waals surface area contributed by atoms with E-state index in [0.29, 0.717) is 0 Å². The molecular weight excluding hydrogens is 188 g/mol. The number of esters is 1. The van der Waals surface area contributed by atoms with Crippen LogP contribution < -0.4 is 0 Å². The van der Waals surface area contributed by atoms with Crippen molar-refractivity contribution in [3.63, 3.8) is 0 Å². The third kappa shape index (κ3) is 16.7. The molecular formula is C9H14O5. The molecule has 5 heteroatoms.